The Balaban J connectivity index is 2.24. The molecule has 3 N–H and O–H groups in total. The highest BCUT2D eigenvalue weighted by atomic mass is 16.5. The van der Waals surface area contributed by atoms with Crippen LogP contribution in [0, 0.1) is 17.7 Å². The summed E-state index contributed by atoms with van der Waals surface area (Å²) in [6.07, 6.45) is 2.55. The molecule has 0 spiro atoms. The number of rotatable bonds is 7. The molecule has 0 aliphatic heterocycles. The molecule has 0 aliphatic carbocycles. The molecule has 144 valence electrons. The van der Waals surface area contributed by atoms with E-state index < -0.39 is 5.41 Å². The highest BCUT2D eigenvalue weighted by molar-refractivity contribution is 5.97. The first-order valence-electron chi connectivity index (χ1n) is 8.85. The molecule has 0 saturated carbocycles. The summed E-state index contributed by atoms with van der Waals surface area (Å²) >= 11 is 0. The van der Waals surface area contributed by atoms with E-state index >= 15 is 0 Å². The Kier molecular flexibility index (Phi) is 6.20. The van der Waals surface area contributed by atoms with Crippen molar-refractivity contribution in [3.63, 3.8) is 0 Å². The molecule has 0 amide bonds. The van der Waals surface area contributed by atoms with Gasteiger partial charge in [0.15, 0.2) is 0 Å². The highest BCUT2D eigenvalue weighted by Gasteiger charge is 2.30. The van der Waals surface area contributed by atoms with Crippen LogP contribution in [-0.4, -0.2) is 30.5 Å². The first-order valence-corrected chi connectivity index (χ1v) is 8.85. The minimum absolute atomic E-state index is 0.0743. The second kappa shape index (κ2) is 8.20. The van der Waals surface area contributed by atoms with E-state index in [9.17, 15) is 4.79 Å². The third kappa shape index (κ3) is 4.64. The number of hydrogen-bond donors (Lipinski definition) is 2. The van der Waals surface area contributed by atoms with Gasteiger partial charge in [0.2, 0.25) is 5.88 Å². The van der Waals surface area contributed by atoms with Crippen molar-refractivity contribution in [2.24, 2.45) is 11.1 Å². The van der Waals surface area contributed by atoms with Gasteiger partial charge >= 0.3 is 5.97 Å². The van der Waals surface area contributed by atoms with Crippen LogP contribution >= 0.6 is 0 Å². The standard InChI is InChI=1S/C21H27N3O3/c1-6-14-10-15(7-8-16(14)19(22)23)17-11-24-18(9-13(17)2)27-12-21(3,4)20(25)26-5/h7-11H,6,12H2,1-5H3,(H3,22,23). The summed E-state index contributed by atoms with van der Waals surface area (Å²) in [5, 5.41) is 7.68. The summed E-state index contributed by atoms with van der Waals surface area (Å²) in [6, 6.07) is 7.72. The Hall–Kier alpha value is -2.89. The molecule has 27 heavy (non-hydrogen) atoms. The Morgan fingerprint density at radius 1 is 1.30 bits per heavy atom. The minimum Gasteiger partial charge on any atom is -0.476 e. The van der Waals surface area contributed by atoms with E-state index in [1.807, 2.05) is 38.1 Å². The fourth-order valence-electron chi connectivity index (χ4n) is 2.82. The fourth-order valence-corrected chi connectivity index (χ4v) is 2.82. The third-order valence-electron chi connectivity index (χ3n) is 4.49. The Labute approximate surface area is 160 Å². The number of aryl methyl sites for hydroxylation is 2. The van der Waals surface area contributed by atoms with E-state index in [-0.39, 0.29) is 18.4 Å². The number of pyridine rings is 1. The number of benzene rings is 1. The third-order valence-corrected chi connectivity index (χ3v) is 4.49. The quantitative estimate of drug-likeness (QED) is 0.442. The summed E-state index contributed by atoms with van der Waals surface area (Å²) < 4.78 is 10.5. The van der Waals surface area contributed by atoms with Crippen LogP contribution in [-0.2, 0) is 16.0 Å². The van der Waals surface area contributed by atoms with E-state index in [4.69, 9.17) is 20.6 Å². The normalized spacial score (nSPS) is 11.1. The molecule has 0 bridgehead atoms. The Morgan fingerprint density at radius 3 is 2.56 bits per heavy atom. The van der Waals surface area contributed by atoms with Crippen molar-refractivity contribution in [2.45, 2.75) is 34.1 Å². The summed E-state index contributed by atoms with van der Waals surface area (Å²) in [7, 11) is 1.36. The van der Waals surface area contributed by atoms with Gasteiger partial charge in [-0.1, -0.05) is 25.1 Å². The highest BCUT2D eigenvalue weighted by Crippen LogP contribution is 2.28. The smallest absolute Gasteiger partial charge is 0.314 e. The number of carbonyl (C=O) groups excluding carboxylic acids is 1. The SMILES string of the molecule is CCc1cc(-c2cnc(OCC(C)(C)C(=O)OC)cc2C)ccc1C(=N)N. The largest absolute Gasteiger partial charge is 0.476 e. The maximum Gasteiger partial charge on any atom is 0.314 e. The molecular weight excluding hydrogens is 342 g/mol. The number of esters is 1. The zero-order valence-corrected chi connectivity index (χ0v) is 16.6. The van der Waals surface area contributed by atoms with Crippen molar-refractivity contribution < 1.29 is 14.3 Å². The molecule has 2 aromatic rings. The van der Waals surface area contributed by atoms with Crippen LogP contribution in [0.1, 0.15) is 37.5 Å². The van der Waals surface area contributed by atoms with Crippen LogP contribution in [0.25, 0.3) is 11.1 Å². The topological polar surface area (TPSA) is 98.3 Å². The van der Waals surface area contributed by atoms with Crippen LogP contribution in [0.2, 0.25) is 0 Å². The van der Waals surface area contributed by atoms with Crippen molar-refractivity contribution >= 4 is 11.8 Å². The monoisotopic (exact) mass is 369 g/mol. The molecule has 0 atom stereocenters. The predicted molar refractivity (Wildman–Crippen MR) is 106 cm³/mol. The number of methoxy groups -OCH3 is 1. The number of aromatic nitrogens is 1. The lowest BCUT2D eigenvalue weighted by atomic mass is 9.95. The van der Waals surface area contributed by atoms with E-state index in [1.54, 1.807) is 20.0 Å². The number of nitrogens with two attached hydrogens (primary N) is 1. The molecule has 2 rings (SSSR count). The predicted octanol–water partition coefficient (Wildman–Crippen LogP) is 3.48. The first kappa shape index (κ1) is 20.4. The molecule has 0 saturated heterocycles. The lowest BCUT2D eigenvalue weighted by Gasteiger charge is -2.21. The van der Waals surface area contributed by atoms with Gasteiger partial charge in [-0.25, -0.2) is 4.98 Å². The molecule has 1 aromatic carbocycles. The van der Waals surface area contributed by atoms with Crippen molar-refractivity contribution in [3.05, 3.63) is 47.2 Å². The van der Waals surface area contributed by atoms with Crippen LogP contribution in [0.4, 0.5) is 0 Å². The molecule has 0 radical (unpaired) electrons. The Bertz CT molecular complexity index is 860. The van der Waals surface area contributed by atoms with Crippen LogP contribution in [0.15, 0.2) is 30.5 Å². The van der Waals surface area contributed by atoms with Gasteiger partial charge in [0.1, 0.15) is 12.4 Å². The van der Waals surface area contributed by atoms with Gasteiger partial charge in [0.25, 0.3) is 0 Å². The van der Waals surface area contributed by atoms with E-state index in [0.717, 1.165) is 34.2 Å². The van der Waals surface area contributed by atoms with Gasteiger partial charge in [0.05, 0.1) is 12.5 Å². The zero-order valence-electron chi connectivity index (χ0n) is 16.6. The number of amidine groups is 1. The molecule has 0 aliphatic rings. The average molecular weight is 369 g/mol. The van der Waals surface area contributed by atoms with Gasteiger partial charge in [-0.15, -0.1) is 0 Å². The number of nitrogens with zero attached hydrogens (tertiary/aromatic N) is 1. The summed E-state index contributed by atoms with van der Waals surface area (Å²) in [5.41, 5.74) is 9.70. The van der Waals surface area contributed by atoms with Crippen molar-refractivity contribution in [3.8, 4) is 17.0 Å². The number of carbonyl (C=O) groups is 1. The summed E-state index contributed by atoms with van der Waals surface area (Å²) in [6.45, 7) is 7.74. The fraction of sp³-hybridized carbons (Fsp3) is 0.381. The molecule has 0 unspecified atom stereocenters. The molecular formula is C21H27N3O3. The molecule has 1 heterocycles. The van der Waals surface area contributed by atoms with Crippen molar-refractivity contribution in [1.82, 2.24) is 4.98 Å². The van der Waals surface area contributed by atoms with Crippen LogP contribution in [0.3, 0.4) is 0 Å². The summed E-state index contributed by atoms with van der Waals surface area (Å²) in [5.74, 6) is 0.211. The maximum absolute atomic E-state index is 11.7. The van der Waals surface area contributed by atoms with Gasteiger partial charge in [-0.05, 0) is 43.9 Å². The second-order valence-corrected chi connectivity index (χ2v) is 7.14. The molecule has 6 heteroatoms. The van der Waals surface area contributed by atoms with Gasteiger partial charge in [0, 0.05) is 23.4 Å². The number of nitrogen functional groups attached to an aromatic ring is 1. The maximum atomic E-state index is 11.7. The number of ether oxygens (including phenoxy) is 2. The zero-order chi connectivity index (χ0) is 20.2. The molecule has 0 fully saturated rings. The second-order valence-electron chi connectivity index (χ2n) is 7.14. The van der Waals surface area contributed by atoms with Gasteiger partial charge in [-0.2, -0.15) is 0 Å². The van der Waals surface area contributed by atoms with Gasteiger partial charge in [-0.3, -0.25) is 10.2 Å². The minimum atomic E-state index is -0.748. The van der Waals surface area contributed by atoms with E-state index in [2.05, 4.69) is 4.98 Å². The average Bonchev–Trinajstić information content (AvgIpc) is 2.65. The van der Waals surface area contributed by atoms with Crippen molar-refractivity contribution in [2.75, 3.05) is 13.7 Å². The first-order chi connectivity index (χ1) is 12.7. The van der Waals surface area contributed by atoms with Crippen LogP contribution < -0.4 is 10.5 Å². The lowest BCUT2D eigenvalue weighted by Crippen LogP contribution is -2.32. The van der Waals surface area contributed by atoms with E-state index in [1.165, 1.54) is 7.11 Å². The number of nitrogens with one attached hydrogen (secondary N) is 1. The van der Waals surface area contributed by atoms with E-state index in [0.29, 0.717) is 5.88 Å². The number of hydrogen-bond acceptors (Lipinski definition) is 5. The lowest BCUT2D eigenvalue weighted by molar-refractivity contribution is -0.152. The van der Waals surface area contributed by atoms with Crippen LogP contribution in [0.5, 0.6) is 5.88 Å². The van der Waals surface area contributed by atoms with Crippen molar-refractivity contribution in [1.29, 1.82) is 5.41 Å². The van der Waals surface area contributed by atoms with Gasteiger partial charge < -0.3 is 15.2 Å². The molecule has 6 nitrogen and oxygen atoms in total. The Morgan fingerprint density at radius 2 is 2.00 bits per heavy atom. The summed E-state index contributed by atoms with van der Waals surface area (Å²) in [4.78, 5) is 16.1. The molecule has 1 aromatic heterocycles.